The van der Waals surface area contributed by atoms with Gasteiger partial charge in [0.15, 0.2) is 0 Å². The first-order chi connectivity index (χ1) is 8.65. The predicted octanol–water partition coefficient (Wildman–Crippen LogP) is 3.28. The third kappa shape index (κ3) is 2.61. The molecular weight excluding hydrogens is 226 g/mol. The van der Waals surface area contributed by atoms with Crippen LogP contribution in [0, 0.1) is 5.92 Å². The van der Waals surface area contributed by atoms with E-state index >= 15 is 0 Å². The van der Waals surface area contributed by atoms with Gasteiger partial charge < -0.3 is 15.2 Å². The molecule has 0 saturated heterocycles. The zero-order chi connectivity index (χ0) is 13.1. The molecule has 0 aromatic heterocycles. The first kappa shape index (κ1) is 13.2. The highest BCUT2D eigenvalue weighted by atomic mass is 16.5. The summed E-state index contributed by atoms with van der Waals surface area (Å²) in [6.45, 7) is 4.45. The fourth-order valence-electron chi connectivity index (χ4n) is 2.63. The molecule has 1 aromatic carbocycles. The summed E-state index contributed by atoms with van der Waals surface area (Å²) in [4.78, 5) is 0. The van der Waals surface area contributed by atoms with E-state index in [2.05, 4.69) is 13.8 Å². The zero-order valence-electron chi connectivity index (χ0n) is 11.5. The Hall–Kier alpha value is -1.22. The first-order valence-corrected chi connectivity index (χ1v) is 6.75. The van der Waals surface area contributed by atoms with Crippen LogP contribution in [0.25, 0.3) is 0 Å². The summed E-state index contributed by atoms with van der Waals surface area (Å²) in [6, 6.07) is 5.97. The number of methoxy groups -OCH3 is 1. The van der Waals surface area contributed by atoms with Crippen LogP contribution in [0.15, 0.2) is 18.2 Å². The SMILES string of the molecule is CCCC(C)C1CC(N)c2ccc(OC)cc2O1. The average molecular weight is 249 g/mol. The van der Waals surface area contributed by atoms with Crippen molar-refractivity contribution in [1.82, 2.24) is 0 Å². The summed E-state index contributed by atoms with van der Waals surface area (Å²) in [7, 11) is 1.67. The van der Waals surface area contributed by atoms with Crippen LogP contribution in [0.3, 0.4) is 0 Å². The van der Waals surface area contributed by atoms with E-state index in [0.717, 1.165) is 23.5 Å². The van der Waals surface area contributed by atoms with Gasteiger partial charge in [-0.15, -0.1) is 0 Å². The van der Waals surface area contributed by atoms with Crippen molar-refractivity contribution in [2.24, 2.45) is 11.7 Å². The molecule has 0 saturated carbocycles. The molecule has 2 rings (SSSR count). The largest absolute Gasteiger partial charge is 0.497 e. The number of hydrogen-bond acceptors (Lipinski definition) is 3. The van der Waals surface area contributed by atoms with Crippen LogP contribution < -0.4 is 15.2 Å². The van der Waals surface area contributed by atoms with E-state index < -0.39 is 0 Å². The minimum absolute atomic E-state index is 0.0731. The Kier molecular flexibility index (Phi) is 4.12. The molecule has 0 bridgehead atoms. The zero-order valence-corrected chi connectivity index (χ0v) is 11.5. The van der Waals surface area contributed by atoms with Crippen molar-refractivity contribution >= 4 is 0 Å². The van der Waals surface area contributed by atoms with Crippen molar-refractivity contribution in [3.63, 3.8) is 0 Å². The van der Waals surface area contributed by atoms with Gasteiger partial charge in [-0.2, -0.15) is 0 Å². The predicted molar refractivity (Wildman–Crippen MR) is 73.0 cm³/mol. The quantitative estimate of drug-likeness (QED) is 0.890. The monoisotopic (exact) mass is 249 g/mol. The van der Waals surface area contributed by atoms with Gasteiger partial charge >= 0.3 is 0 Å². The Morgan fingerprint density at radius 1 is 1.50 bits per heavy atom. The standard InChI is InChI=1S/C15H23NO2/c1-4-5-10(2)14-9-13(16)12-7-6-11(17-3)8-15(12)18-14/h6-8,10,13-14H,4-5,9,16H2,1-3H3. The average Bonchev–Trinajstić information content (AvgIpc) is 2.38. The van der Waals surface area contributed by atoms with E-state index in [4.69, 9.17) is 15.2 Å². The lowest BCUT2D eigenvalue weighted by molar-refractivity contribution is 0.102. The summed E-state index contributed by atoms with van der Waals surface area (Å²) in [5.74, 6) is 2.26. The van der Waals surface area contributed by atoms with Crippen LogP contribution in [0.4, 0.5) is 0 Å². The lowest BCUT2D eigenvalue weighted by Gasteiger charge is -2.34. The molecule has 100 valence electrons. The van der Waals surface area contributed by atoms with Crippen molar-refractivity contribution < 1.29 is 9.47 Å². The Morgan fingerprint density at radius 2 is 2.28 bits per heavy atom. The van der Waals surface area contributed by atoms with Gasteiger partial charge in [0.05, 0.1) is 7.11 Å². The second kappa shape index (κ2) is 5.61. The van der Waals surface area contributed by atoms with Crippen molar-refractivity contribution in [2.75, 3.05) is 7.11 Å². The Labute approximate surface area is 109 Å². The Bertz CT molecular complexity index is 405. The molecule has 0 fully saturated rings. The van der Waals surface area contributed by atoms with Crippen LogP contribution >= 0.6 is 0 Å². The van der Waals surface area contributed by atoms with E-state index in [1.807, 2.05) is 18.2 Å². The first-order valence-electron chi connectivity index (χ1n) is 6.75. The van der Waals surface area contributed by atoms with Crippen molar-refractivity contribution in [2.45, 2.75) is 45.3 Å². The smallest absolute Gasteiger partial charge is 0.128 e. The van der Waals surface area contributed by atoms with Gasteiger partial charge in [0.2, 0.25) is 0 Å². The topological polar surface area (TPSA) is 44.5 Å². The van der Waals surface area contributed by atoms with E-state index in [1.54, 1.807) is 7.11 Å². The fraction of sp³-hybridized carbons (Fsp3) is 0.600. The van der Waals surface area contributed by atoms with Gasteiger partial charge in [0.25, 0.3) is 0 Å². The highest BCUT2D eigenvalue weighted by molar-refractivity contribution is 5.43. The maximum absolute atomic E-state index is 6.24. The lowest BCUT2D eigenvalue weighted by atomic mass is 9.89. The highest BCUT2D eigenvalue weighted by Crippen LogP contribution is 2.38. The Balaban J connectivity index is 2.20. The molecule has 1 aliphatic heterocycles. The summed E-state index contributed by atoms with van der Waals surface area (Å²) < 4.78 is 11.3. The van der Waals surface area contributed by atoms with Crippen molar-refractivity contribution in [3.05, 3.63) is 23.8 Å². The molecule has 1 aliphatic rings. The van der Waals surface area contributed by atoms with Crippen LogP contribution in [-0.4, -0.2) is 13.2 Å². The molecule has 2 N–H and O–H groups in total. The van der Waals surface area contributed by atoms with Crippen LogP contribution in [-0.2, 0) is 0 Å². The Morgan fingerprint density at radius 3 is 2.94 bits per heavy atom. The molecular formula is C15H23NO2. The molecule has 0 radical (unpaired) electrons. The molecule has 3 unspecified atom stereocenters. The molecule has 18 heavy (non-hydrogen) atoms. The van der Waals surface area contributed by atoms with E-state index in [0.29, 0.717) is 5.92 Å². The van der Waals surface area contributed by atoms with Crippen LogP contribution in [0.2, 0.25) is 0 Å². The molecule has 1 aromatic rings. The van der Waals surface area contributed by atoms with Gasteiger partial charge in [-0.1, -0.05) is 26.3 Å². The number of ether oxygens (including phenoxy) is 2. The number of rotatable bonds is 4. The summed E-state index contributed by atoms with van der Waals surface area (Å²) in [6.07, 6.45) is 3.48. The number of nitrogens with two attached hydrogens (primary N) is 1. The number of hydrogen-bond donors (Lipinski definition) is 1. The lowest BCUT2D eigenvalue weighted by Crippen LogP contribution is -2.34. The molecule has 1 heterocycles. The third-order valence-electron chi connectivity index (χ3n) is 3.76. The molecule has 3 heteroatoms. The third-order valence-corrected chi connectivity index (χ3v) is 3.76. The van der Waals surface area contributed by atoms with E-state index in [9.17, 15) is 0 Å². The molecule has 0 amide bonds. The van der Waals surface area contributed by atoms with Gasteiger partial charge in [-0.25, -0.2) is 0 Å². The minimum Gasteiger partial charge on any atom is -0.497 e. The van der Waals surface area contributed by atoms with Crippen molar-refractivity contribution in [3.8, 4) is 11.5 Å². The highest BCUT2D eigenvalue weighted by Gasteiger charge is 2.29. The summed E-state index contributed by atoms with van der Waals surface area (Å²) in [5, 5.41) is 0. The number of fused-ring (bicyclic) bond motifs is 1. The van der Waals surface area contributed by atoms with Crippen LogP contribution in [0.5, 0.6) is 11.5 Å². The summed E-state index contributed by atoms with van der Waals surface area (Å²) >= 11 is 0. The normalized spacial score (nSPS) is 24.0. The van der Waals surface area contributed by atoms with Crippen LogP contribution in [0.1, 0.15) is 44.7 Å². The van der Waals surface area contributed by atoms with Gasteiger partial charge in [-0.3, -0.25) is 0 Å². The second-order valence-electron chi connectivity index (χ2n) is 5.17. The van der Waals surface area contributed by atoms with E-state index in [1.165, 1.54) is 12.8 Å². The molecule has 0 aliphatic carbocycles. The molecule has 0 spiro atoms. The fourth-order valence-corrected chi connectivity index (χ4v) is 2.63. The summed E-state index contributed by atoms with van der Waals surface area (Å²) in [5.41, 5.74) is 7.33. The second-order valence-corrected chi connectivity index (χ2v) is 5.17. The van der Waals surface area contributed by atoms with Crippen molar-refractivity contribution in [1.29, 1.82) is 0 Å². The molecule has 3 nitrogen and oxygen atoms in total. The van der Waals surface area contributed by atoms with Gasteiger partial charge in [0, 0.05) is 24.1 Å². The number of benzene rings is 1. The van der Waals surface area contributed by atoms with E-state index in [-0.39, 0.29) is 12.1 Å². The maximum atomic E-state index is 6.24. The van der Waals surface area contributed by atoms with Gasteiger partial charge in [0.1, 0.15) is 17.6 Å². The molecule has 3 atom stereocenters. The minimum atomic E-state index is 0.0731. The van der Waals surface area contributed by atoms with Gasteiger partial charge in [-0.05, 0) is 18.4 Å². The maximum Gasteiger partial charge on any atom is 0.128 e.